The van der Waals surface area contributed by atoms with E-state index in [2.05, 4.69) is 22.4 Å². The van der Waals surface area contributed by atoms with Crippen molar-refractivity contribution in [2.75, 3.05) is 5.32 Å². The highest BCUT2D eigenvalue weighted by molar-refractivity contribution is 6.30. The molecule has 4 heteroatoms. The molecule has 0 fully saturated rings. The van der Waals surface area contributed by atoms with E-state index in [1.54, 1.807) is 0 Å². The molecule has 0 radical (unpaired) electrons. The van der Waals surface area contributed by atoms with Gasteiger partial charge in [0.15, 0.2) is 0 Å². The van der Waals surface area contributed by atoms with Gasteiger partial charge in [-0.1, -0.05) is 30.7 Å². The number of hydrogen-bond acceptors (Lipinski definition) is 3. The molecule has 0 saturated carbocycles. The van der Waals surface area contributed by atoms with Gasteiger partial charge in [-0.05, 0) is 49.6 Å². The standard InChI is InChI=1S/C15H18ClN3/c1-4-14(12-5-7-13(16)8-6-12)17-15-9-10(2)11(3)18-19-15/h5-9,14H,4H2,1-3H3,(H,17,19). The predicted molar refractivity (Wildman–Crippen MR) is 79.6 cm³/mol. The third-order valence-corrected chi connectivity index (χ3v) is 3.49. The molecule has 3 nitrogen and oxygen atoms in total. The molecule has 0 aliphatic rings. The molecule has 0 saturated heterocycles. The van der Waals surface area contributed by atoms with Crippen LogP contribution in [0.5, 0.6) is 0 Å². The lowest BCUT2D eigenvalue weighted by Gasteiger charge is -2.18. The summed E-state index contributed by atoms with van der Waals surface area (Å²) in [6.07, 6.45) is 0.968. The van der Waals surface area contributed by atoms with Crippen LogP contribution in [0.2, 0.25) is 5.02 Å². The minimum Gasteiger partial charge on any atom is -0.362 e. The Hall–Kier alpha value is -1.61. The van der Waals surface area contributed by atoms with Crippen molar-refractivity contribution < 1.29 is 0 Å². The number of nitrogens with one attached hydrogen (secondary N) is 1. The first-order valence-corrected chi connectivity index (χ1v) is 6.81. The summed E-state index contributed by atoms with van der Waals surface area (Å²) in [5.74, 6) is 0.810. The monoisotopic (exact) mass is 275 g/mol. The Balaban J connectivity index is 2.18. The Kier molecular flexibility index (Phi) is 4.38. The van der Waals surface area contributed by atoms with Gasteiger partial charge in [0.05, 0.1) is 11.7 Å². The molecule has 100 valence electrons. The summed E-state index contributed by atoms with van der Waals surface area (Å²) in [4.78, 5) is 0. The van der Waals surface area contributed by atoms with Gasteiger partial charge in [0.25, 0.3) is 0 Å². The quantitative estimate of drug-likeness (QED) is 0.903. The highest BCUT2D eigenvalue weighted by atomic mass is 35.5. The molecule has 0 bridgehead atoms. The zero-order chi connectivity index (χ0) is 13.8. The normalized spacial score (nSPS) is 12.2. The van der Waals surface area contributed by atoms with Crippen LogP contribution < -0.4 is 5.32 Å². The van der Waals surface area contributed by atoms with Crippen LogP contribution in [0.25, 0.3) is 0 Å². The van der Waals surface area contributed by atoms with Crippen LogP contribution in [0.4, 0.5) is 5.82 Å². The third kappa shape index (κ3) is 3.44. The van der Waals surface area contributed by atoms with Gasteiger partial charge < -0.3 is 5.32 Å². The van der Waals surface area contributed by atoms with Gasteiger partial charge in [-0.25, -0.2) is 0 Å². The van der Waals surface area contributed by atoms with Gasteiger partial charge in [0.1, 0.15) is 5.82 Å². The van der Waals surface area contributed by atoms with Crippen molar-refractivity contribution in [3.8, 4) is 0 Å². The van der Waals surface area contributed by atoms with Crippen molar-refractivity contribution in [1.29, 1.82) is 0 Å². The maximum atomic E-state index is 5.92. The number of halogens is 1. The van der Waals surface area contributed by atoms with E-state index in [4.69, 9.17) is 11.6 Å². The van der Waals surface area contributed by atoms with E-state index in [0.717, 1.165) is 28.5 Å². The SMILES string of the molecule is CCC(Nc1cc(C)c(C)nn1)c1ccc(Cl)cc1. The molecule has 19 heavy (non-hydrogen) atoms. The summed E-state index contributed by atoms with van der Waals surface area (Å²) in [5, 5.41) is 12.5. The fourth-order valence-corrected chi connectivity index (χ4v) is 2.04. The van der Waals surface area contributed by atoms with E-state index < -0.39 is 0 Å². The van der Waals surface area contributed by atoms with Crippen LogP contribution in [0.1, 0.15) is 36.2 Å². The van der Waals surface area contributed by atoms with Crippen LogP contribution in [-0.2, 0) is 0 Å². The van der Waals surface area contributed by atoms with E-state index in [9.17, 15) is 0 Å². The molecule has 0 aliphatic carbocycles. The molecule has 1 N–H and O–H groups in total. The topological polar surface area (TPSA) is 37.8 Å². The van der Waals surface area contributed by atoms with Crippen LogP contribution in [-0.4, -0.2) is 10.2 Å². The van der Waals surface area contributed by atoms with Crippen molar-refractivity contribution in [3.63, 3.8) is 0 Å². The number of anilines is 1. The molecule has 1 heterocycles. The number of rotatable bonds is 4. The summed E-state index contributed by atoms with van der Waals surface area (Å²) in [6.45, 7) is 6.14. The molecule has 0 spiro atoms. The maximum Gasteiger partial charge on any atom is 0.149 e. The lowest BCUT2D eigenvalue weighted by molar-refractivity contribution is 0.739. The zero-order valence-corrected chi connectivity index (χ0v) is 12.2. The summed E-state index contributed by atoms with van der Waals surface area (Å²) >= 11 is 5.92. The highest BCUT2D eigenvalue weighted by Gasteiger charge is 2.10. The van der Waals surface area contributed by atoms with Gasteiger partial charge in [0.2, 0.25) is 0 Å². The molecular formula is C15H18ClN3. The molecule has 2 rings (SSSR count). The predicted octanol–water partition coefficient (Wildman–Crippen LogP) is 4.31. The first-order chi connectivity index (χ1) is 9.10. The first kappa shape index (κ1) is 13.8. The molecule has 0 aliphatic heterocycles. The van der Waals surface area contributed by atoms with E-state index in [-0.39, 0.29) is 6.04 Å². The fourth-order valence-electron chi connectivity index (χ4n) is 1.91. The number of nitrogens with zero attached hydrogens (tertiary/aromatic N) is 2. The Morgan fingerprint density at radius 3 is 2.42 bits per heavy atom. The van der Waals surface area contributed by atoms with Gasteiger partial charge >= 0.3 is 0 Å². The van der Waals surface area contributed by atoms with Gasteiger partial charge in [-0.15, -0.1) is 5.10 Å². The minimum absolute atomic E-state index is 0.216. The third-order valence-electron chi connectivity index (χ3n) is 3.23. The van der Waals surface area contributed by atoms with Crippen molar-refractivity contribution in [2.24, 2.45) is 0 Å². The lowest BCUT2D eigenvalue weighted by atomic mass is 10.0. The van der Waals surface area contributed by atoms with Gasteiger partial charge in [-0.3, -0.25) is 0 Å². The highest BCUT2D eigenvalue weighted by Crippen LogP contribution is 2.23. The van der Waals surface area contributed by atoms with Crippen LogP contribution in [0.3, 0.4) is 0 Å². The summed E-state index contributed by atoms with van der Waals surface area (Å²) in [5.41, 5.74) is 3.31. The van der Waals surface area contributed by atoms with E-state index >= 15 is 0 Å². The van der Waals surface area contributed by atoms with E-state index in [1.165, 1.54) is 5.56 Å². The number of benzene rings is 1. The number of aromatic nitrogens is 2. The van der Waals surface area contributed by atoms with Crippen molar-refractivity contribution in [1.82, 2.24) is 10.2 Å². The number of aryl methyl sites for hydroxylation is 2. The van der Waals surface area contributed by atoms with Gasteiger partial charge in [-0.2, -0.15) is 5.10 Å². The van der Waals surface area contributed by atoms with E-state index in [1.807, 2.05) is 44.2 Å². The van der Waals surface area contributed by atoms with Crippen molar-refractivity contribution in [2.45, 2.75) is 33.2 Å². The fraction of sp³-hybridized carbons (Fsp3) is 0.333. The lowest BCUT2D eigenvalue weighted by Crippen LogP contribution is -2.11. The Labute approximate surface area is 119 Å². The average Bonchev–Trinajstić information content (AvgIpc) is 2.41. The van der Waals surface area contributed by atoms with Gasteiger partial charge in [0, 0.05) is 5.02 Å². The molecule has 1 aromatic heterocycles. The molecule has 1 aromatic carbocycles. The summed E-state index contributed by atoms with van der Waals surface area (Å²) < 4.78 is 0. The Morgan fingerprint density at radius 2 is 1.84 bits per heavy atom. The molecule has 2 aromatic rings. The summed E-state index contributed by atoms with van der Waals surface area (Å²) in [7, 11) is 0. The molecule has 0 amide bonds. The van der Waals surface area contributed by atoms with Crippen molar-refractivity contribution in [3.05, 3.63) is 52.2 Å². The van der Waals surface area contributed by atoms with Crippen molar-refractivity contribution >= 4 is 17.4 Å². The first-order valence-electron chi connectivity index (χ1n) is 6.43. The summed E-state index contributed by atoms with van der Waals surface area (Å²) in [6, 6.07) is 10.1. The largest absolute Gasteiger partial charge is 0.362 e. The average molecular weight is 276 g/mol. The minimum atomic E-state index is 0.216. The zero-order valence-electron chi connectivity index (χ0n) is 11.4. The maximum absolute atomic E-state index is 5.92. The van der Waals surface area contributed by atoms with Crippen LogP contribution in [0, 0.1) is 13.8 Å². The second-order valence-corrected chi connectivity index (χ2v) is 5.09. The van der Waals surface area contributed by atoms with Crippen LogP contribution in [0.15, 0.2) is 30.3 Å². The second-order valence-electron chi connectivity index (χ2n) is 4.65. The van der Waals surface area contributed by atoms with E-state index in [0.29, 0.717) is 0 Å². The smallest absolute Gasteiger partial charge is 0.149 e. The molecule has 1 atom stereocenters. The Bertz CT molecular complexity index is 552. The number of hydrogen-bond donors (Lipinski definition) is 1. The second kappa shape index (κ2) is 6.02. The van der Waals surface area contributed by atoms with Crippen LogP contribution >= 0.6 is 11.6 Å². The Morgan fingerprint density at radius 1 is 1.16 bits per heavy atom. The molecular weight excluding hydrogens is 258 g/mol. The molecule has 1 unspecified atom stereocenters.